The number of amides is 1. The van der Waals surface area contributed by atoms with Crippen molar-refractivity contribution in [2.75, 3.05) is 31.2 Å². The second kappa shape index (κ2) is 5.98. The predicted molar refractivity (Wildman–Crippen MR) is 92.6 cm³/mol. The highest BCUT2D eigenvalue weighted by Gasteiger charge is 2.12. The molecule has 6 nitrogen and oxygen atoms in total. The van der Waals surface area contributed by atoms with Crippen LogP contribution in [0.5, 0.6) is 0 Å². The van der Waals surface area contributed by atoms with Crippen LogP contribution < -0.4 is 10.6 Å². The summed E-state index contributed by atoms with van der Waals surface area (Å²) in [5, 5.41) is 5.33. The third-order valence-electron chi connectivity index (χ3n) is 4.32. The molecule has 1 aliphatic heterocycles. The van der Waals surface area contributed by atoms with Crippen molar-refractivity contribution < 1.29 is 9.53 Å². The van der Waals surface area contributed by atoms with Gasteiger partial charge in [-0.25, -0.2) is 4.68 Å². The van der Waals surface area contributed by atoms with Gasteiger partial charge in [0, 0.05) is 29.7 Å². The van der Waals surface area contributed by atoms with Gasteiger partial charge in [0.1, 0.15) is 0 Å². The van der Waals surface area contributed by atoms with E-state index in [0.717, 1.165) is 42.9 Å². The summed E-state index contributed by atoms with van der Waals surface area (Å²) >= 11 is 0. The number of carbonyl (C=O) groups is 1. The molecule has 0 bridgehead atoms. The van der Waals surface area contributed by atoms with E-state index in [2.05, 4.69) is 34.3 Å². The number of hydrogen-bond donors (Lipinski definition) is 1. The molecule has 1 aliphatic rings. The Morgan fingerprint density at radius 1 is 1.04 bits per heavy atom. The van der Waals surface area contributed by atoms with Crippen LogP contribution in [0.15, 0.2) is 48.7 Å². The SMILES string of the molecule is NC(=O)c1ccc2c(cnn2-c2ccc(N3CCOCC3)cc2)c1. The Bertz CT molecular complexity index is 880. The van der Waals surface area contributed by atoms with Crippen LogP contribution in [0.1, 0.15) is 10.4 Å². The van der Waals surface area contributed by atoms with Crippen molar-refractivity contribution in [2.24, 2.45) is 5.73 Å². The summed E-state index contributed by atoms with van der Waals surface area (Å²) < 4.78 is 7.25. The van der Waals surface area contributed by atoms with Crippen LogP contribution in [0, 0.1) is 0 Å². The number of anilines is 1. The smallest absolute Gasteiger partial charge is 0.248 e. The van der Waals surface area contributed by atoms with Gasteiger partial charge in [-0.2, -0.15) is 5.10 Å². The second-order valence-electron chi connectivity index (χ2n) is 5.81. The number of nitrogens with two attached hydrogens (primary N) is 1. The summed E-state index contributed by atoms with van der Waals surface area (Å²) in [6, 6.07) is 13.7. The molecule has 0 radical (unpaired) electrons. The van der Waals surface area contributed by atoms with Crippen molar-refractivity contribution in [1.29, 1.82) is 0 Å². The Morgan fingerprint density at radius 2 is 1.75 bits per heavy atom. The minimum atomic E-state index is -0.431. The predicted octanol–water partition coefficient (Wildman–Crippen LogP) is 1.96. The highest BCUT2D eigenvalue weighted by atomic mass is 16.5. The Labute approximate surface area is 139 Å². The number of hydrogen-bond acceptors (Lipinski definition) is 4. The molecule has 1 saturated heterocycles. The van der Waals surface area contributed by atoms with Crippen LogP contribution in [-0.4, -0.2) is 42.0 Å². The maximum Gasteiger partial charge on any atom is 0.248 e. The fourth-order valence-corrected chi connectivity index (χ4v) is 3.02. The summed E-state index contributed by atoms with van der Waals surface area (Å²) in [5.41, 5.74) is 8.93. The number of aromatic nitrogens is 2. The van der Waals surface area contributed by atoms with Crippen LogP contribution in [0.3, 0.4) is 0 Å². The van der Waals surface area contributed by atoms with Crippen molar-refractivity contribution in [3.63, 3.8) is 0 Å². The zero-order valence-electron chi connectivity index (χ0n) is 13.2. The molecule has 4 rings (SSSR count). The van der Waals surface area contributed by atoms with Crippen LogP contribution in [-0.2, 0) is 4.74 Å². The number of benzene rings is 2. The summed E-state index contributed by atoms with van der Waals surface area (Å²) in [5.74, 6) is -0.431. The number of carbonyl (C=O) groups excluding carboxylic acids is 1. The molecular formula is C18H18N4O2. The van der Waals surface area contributed by atoms with Crippen molar-refractivity contribution in [2.45, 2.75) is 0 Å². The molecule has 0 aliphatic carbocycles. The van der Waals surface area contributed by atoms with E-state index in [0.29, 0.717) is 5.56 Å². The topological polar surface area (TPSA) is 73.4 Å². The van der Waals surface area contributed by atoms with Crippen LogP contribution in [0.25, 0.3) is 16.6 Å². The van der Waals surface area contributed by atoms with Crippen molar-refractivity contribution in [1.82, 2.24) is 9.78 Å². The van der Waals surface area contributed by atoms with Gasteiger partial charge in [-0.3, -0.25) is 4.79 Å². The number of rotatable bonds is 3. The summed E-state index contributed by atoms with van der Waals surface area (Å²) in [6.07, 6.45) is 1.75. The molecule has 2 heterocycles. The number of fused-ring (bicyclic) bond motifs is 1. The van der Waals surface area contributed by atoms with Gasteiger partial charge in [0.2, 0.25) is 5.91 Å². The van der Waals surface area contributed by atoms with Gasteiger partial charge in [-0.15, -0.1) is 0 Å². The lowest BCUT2D eigenvalue weighted by Gasteiger charge is -2.28. The summed E-state index contributed by atoms with van der Waals surface area (Å²) in [6.45, 7) is 3.38. The normalized spacial score (nSPS) is 14.9. The van der Waals surface area contributed by atoms with E-state index < -0.39 is 5.91 Å². The molecule has 1 aromatic heterocycles. The van der Waals surface area contributed by atoms with E-state index in [1.165, 1.54) is 5.69 Å². The molecule has 3 aromatic rings. The molecule has 24 heavy (non-hydrogen) atoms. The third kappa shape index (κ3) is 2.61. The highest BCUT2D eigenvalue weighted by Crippen LogP contribution is 2.22. The number of ether oxygens (including phenoxy) is 1. The highest BCUT2D eigenvalue weighted by molar-refractivity contribution is 5.97. The van der Waals surface area contributed by atoms with E-state index >= 15 is 0 Å². The molecule has 2 aromatic carbocycles. The molecule has 0 unspecified atom stereocenters. The maximum absolute atomic E-state index is 11.3. The lowest BCUT2D eigenvalue weighted by Crippen LogP contribution is -2.36. The average Bonchev–Trinajstić information content (AvgIpc) is 3.06. The standard InChI is InChI=1S/C18H18N4O2/c19-18(23)13-1-6-17-14(11-13)12-20-22(17)16-4-2-15(3-5-16)21-7-9-24-10-8-21/h1-6,11-12H,7-10H2,(H2,19,23). The Kier molecular flexibility index (Phi) is 3.66. The fraction of sp³-hybridized carbons (Fsp3) is 0.222. The Morgan fingerprint density at radius 3 is 2.46 bits per heavy atom. The molecule has 122 valence electrons. The molecule has 0 spiro atoms. The van der Waals surface area contributed by atoms with E-state index in [4.69, 9.17) is 10.5 Å². The van der Waals surface area contributed by atoms with Gasteiger partial charge in [0.15, 0.2) is 0 Å². The first kappa shape index (κ1) is 14.7. The van der Waals surface area contributed by atoms with Crippen LogP contribution in [0.4, 0.5) is 5.69 Å². The largest absolute Gasteiger partial charge is 0.378 e. The Hall–Kier alpha value is -2.86. The zero-order chi connectivity index (χ0) is 16.5. The second-order valence-corrected chi connectivity index (χ2v) is 5.81. The monoisotopic (exact) mass is 322 g/mol. The van der Waals surface area contributed by atoms with Gasteiger partial charge in [-0.05, 0) is 42.5 Å². The lowest BCUT2D eigenvalue weighted by atomic mass is 10.1. The quantitative estimate of drug-likeness (QED) is 0.800. The molecule has 0 saturated carbocycles. The third-order valence-corrected chi connectivity index (χ3v) is 4.32. The van der Waals surface area contributed by atoms with E-state index in [9.17, 15) is 4.79 Å². The fourth-order valence-electron chi connectivity index (χ4n) is 3.02. The molecule has 2 N–H and O–H groups in total. The number of morpholine rings is 1. The minimum Gasteiger partial charge on any atom is -0.378 e. The van der Waals surface area contributed by atoms with Gasteiger partial charge in [0.25, 0.3) is 0 Å². The van der Waals surface area contributed by atoms with E-state index in [1.54, 1.807) is 18.3 Å². The molecule has 0 atom stereocenters. The summed E-state index contributed by atoms with van der Waals surface area (Å²) in [4.78, 5) is 13.6. The number of primary amides is 1. The van der Waals surface area contributed by atoms with E-state index in [1.807, 2.05) is 10.7 Å². The molecule has 6 heteroatoms. The summed E-state index contributed by atoms with van der Waals surface area (Å²) in [7, 11) is 0. The molecular weight excluding hydrogens is 304 g/mol. The minimum absolute atomic E-state index is 0.431. The Balaban J connectivity index is 1.66. The van der Waals surface area contributed by atoms with E-state index in [-0.39, 0.29) is 0 Å². The van der Waals surface area contributed by atoms with Gasteiger partial charge < -0.3 is 15.4 Å². The first-order valence-electron chi connectivity index (χ1n) is 7.93. The molecule has 1 amide bonds. The maximum atomic E-state index is 11.3. The van der Waals surface area contributed by atoms with Gasteiger partial charge in [-0.1, -0.05) is 0 Å². The molecule has 1 fully saturated rings. The van der Waals surface area contributed by atoms with Crippen LogP contribution >= 0.6 is 0 Å². The zero-order valence-corrected chi connectivity index (χ0v) is 13.2. The van der Waals surface area contributed by atoms with Gasteiger partial charge >= 0.3 is 0 Å². The van der Waals surface area contributed by atoms with Crippen molar-refractivity contribution in [3.05, 3.63) is 54.2 Å². The number of nitrogens with zero attached hydrogens (tertiary/aromatic N) is 3. The first-order chi connectivity index (χ1) is 11.7. The first-order valence-corrected chi connectivity index (χ1v) is 7.93. The van der Waals surface area contributed by atoms with Crippen molar-refractivity contribution in [3.8, 4) is 5.69 Å². The average molecular weight is 322 g/mol. The van der Waals surface area contributed by atoms with Crippen LogP contribution in [0.2, 0.25) is 0 Å². The van der Waals surface area contributed by atoms with Gasteiger partial charge in [0.05, 0.1) is 30.6 Å². The lowest BCUT2D eigenvalue weighted by molar-refractivity contribution is 0.100. The van der Waals surface area contributed by atoms with Crippen molar-refractivity contribution >= 4 is 22.5 Å².